The Labute approximate surface area is 243 Å². The van der Waals surface area contributed by atoms with Gasteiger partial charge in [-0.25, -0.2) is 9.69 Å². The molecular formula is C36H38N2O3. The van der Waals surface area contributed by atoms with Gasteiger partial charge in [0.25, 0.3) is 0 Å². The van der Waals surface area contributed by atoms with Crippen LogP contribution in [0.15, 0.2) is 115 Å². The molecule has 1 aliphatic heterocycles. The normalized spacial score (nSPS) is 15.8. The van der Waals surface area contributed by atoms with Crippen LogP contribution in [0.5, 0.6) is 0 Å². The molecule has 0 aromatic heterocycles. The molecule has 1 fully saturated rings. The largest absolute Gasteiger partial charge is 0.446 e. The van der Waals surface area contributed by atoms with Crippen molar-refractivity contribution in [3.05, 3.63) is 138 Å². The third-order valence-electron chi connectivity index (χ3n) is 7.82. The van der Waals surface area contributed by atoms with Crippen LogP contribution in [0.3, 0.4) is 0 Å². The second-order valence-corrected chi connectivity index (χ2v) is 11.8. The van der Waals surface area contributed by atoms with E-state index in [-0.39, 0.29) is 30.3 Å². The van der Waals surface area contributed by atoms with Crippen molar-refractivity contribution in [2.24, 2.45) is 5.41 Å². The third kappa shape index (κ3) is 6.86. The predicted molar refractivity (Wildman–Crippen MR) is 163 cm³/mol. The van der Waals surface area contributed by atoms with E-state index < -0.39 is 12.1 Å². The van der Waals surface area contributed by atoms with Crippen LogP contribution in [-0.4, -0.2) is 23.5 Å². The third-order valence-corrected chi connectivity index (χ3v) is 7.82. The standard InChI is InChI=1S/C36H38N2O3/c1-36(2,3)32(23-34(39)38-33(26-41-35(38)40)29-18-11-6-12-19-29)30-20-13-21-31(22-30)37(24-27-14-7-4-8-15-27)25-28-16-9-5-10-17-28/h4-22,32-33H,23-26H2,1-3H3/t32-,33-/m1/s1. The minimum absolute atomic E-state index is 0.102. The highest BCUT2D eigenvalue weighted by molar-refractivity contribution is 5.94. The minimum Gasteiger partial charge on any atom is -0.446 e. The van der Waals surface area contributed by atoms with Gasteiger partial charge in [0.1, 0.15) is 12.6 Å². The summed E-state index contributed by atoms with van der Waals surface area (Å²) in [6, 6.07) is 38.7. The number of hydrogen-bond acceptors (Lipinski definition) is 4. The number of anilines is 1. The van der Waals surface area contributed by atoms with Crippen LogP contribution in [0.25, 0.3) is 0 Å². The van der Waals surface area contributed by atoms with Gasteiger partial charge < -0.3 is 9.64 Å². The highest BCUT2D eigenvalue weighted by Gasteiger charge is 2.41. The van der Waals surface area contributed by atoms with Crippen molar-refractivity contribution in [3.63, 3.8) is 0 Å². The van der Waals surface area contributed by atoms with E-state index in [9.17, 15) is 9.59 Å². The first-order valence-corrected chi connectivity index (χ1v) is 14.3. The van der Waals surface area contributed by atoms with Crippen LogP contribution in [0, 0.1) is 5.41 Å². The molecule has 1 saturated heterocycles. The summed E-state index contributed by atoms with van der Waals surface area (Å²) in [7, 11) is 0. The lowest BCUT2D eigenvalue weighted by atomic mass is 9.74. The summed E-state index contributed by atoms with van der Waals surface area (Å²) in [5, 5.41) is 0. The van der Waals surface area contributed by atoms with Gasteiger partial charge in [-0.1, -0.05) is 124 Å². The molecule has 0 unspecified atom stereocenters. The summed E-state index contributed by atoms with van der Waals surface area (Å²) < 4.78 is 5.35. The maximum Gasteiger partial charge on any atom is 0.417 e. The Morgan fingerprint density at radius 2 is 1.39 bits per heavy atom. The molecular weight excluding hydrogens is 508 g/mol. The molecule has 0 saturated carbocycles. The van der Waals surface area contributed by atoms with Crippen LogP contribution in [0.2, 0.25) is 0 Å². The zero-order valence-electron chi connectivity index (χ0n) is 24.1. The first kappa shape index (κ1) is 28.2. The number of rotatable bonds is 9. The molecule has 2 amide bonds. The quantitative estimate of drug-likeness (QED) is 0.213. The van der Waals surface area contributed by atoms with Gasteiger partial charge in [-0.3, -0.25) is 4.79 Å². The zero-order valence-corrected chi connectivity index (χ0v) is 24.1. The van der Waals surface area contributed by atoms with Crippen LogP contribution in [-0.2, 0) is 22.6 Å². The van der Waals surface area contributed by atoms with Crippen molar-refractivity contribution in [1.29, 1.82) is 0 Å². The topological polar surface area (TPSA) is 49.9 Å². The average Bonchev–Trinajstić information content (AvgIpc) is 3.38. The average molecular weight is 547 g/mol. The van der Waals surface area contributed by atoms with Crippen LogP contribution in [0.1, 0.15) is 61.4 Å². The summed E-state index contributed by atoms with van der Waals surface area (Å²) in [6.07, 6.45) is -0.356. The Balaban J connectivity index is 1.43. The van der Waals surface area contributed by atoms with E-state index in [1.54, 1.807) is 0 Å². The van der Waals surface area contributed by atoms with Crippen LogP contribution >= 0.6 is 0 Å². The summed E-state index contributed by atoms with van der Waals surface area (Å²) in [5.41, 5.74) is 5.33. The summed E-state index contributed by atoms with van der Waals surface area (Å²) in [6.45, 7) is 8.16. The fourth-order valence-corrected chi connectivity index (χ4v) is 5.60. The van der Waals surface area contributed by atoms with Gasteiger partial charge >= 0.3 is 6.09 Å². The van der Waals surface area contributed by atoms with E-state index >= 15 is 0 Å². The highest BCUT2D eigenvalue weighted by atomic mass is 16.6. The molecule has 4 aromatic rings. The van der Waals surface area contributed by atoms with Crippen LogP contribution in [0.4, 0.5) is 10.5 Å². The van der Waals surface area contributed by atoms with Gasteiger partial charge in [0.05, 0.1) is 0 Å². The zero-order chi connectivity index (χ0) is 28.8. The number of amides is 2. The SMILES string of the molecule is CC(C)(C)[C@H](CC(=O)N1C(=O)OC[C@@H]1c1ccccc1)c1cccc(N(Cc2ccccc2)Cc2ccccc2)c1. The van der Waals surface area contributed by atoms with Crippen molar-refractivity contribution < 1.29 is 14.3 Å². The monoisotopic (exact) mass is 546 g/mol. The van der Waals surface area contributed by atoms with Gasteiger partial charge in [0, 0.05) is 25.2 Å². The molecule has 5 nitrogen and oxygen atoms in total. The number of carbonyl (C=O) groups is 2. The Bertz CT molecular complexity index is 1410. The molecule has 1 heterocycles. The first-order chi connectivity index (χ1) is 19.8. The molecule has 0 bridgehead atoms. The molecule has 210 valence electrons. The first-order valence-electron chi connectivity index (χ1n) is 14.3. The van der Waals surface area contributed by atoms with Crippen molar-refractivity contribution in [1.82, 2.24) is 4.90 Å². The molecule has 1 aliphatic rings. The second-order valence-electron chi connectivity index (χ2n) is 11.8. The fourth-order valence-electron chi connectivity index (χ4n) is 5.60. The number of nitrogens with zero attached hydrogens (tertiary/aromatic N) is 2. The number of benzene rings is 4. The van der Waals surface area contributed by atoms with Crippen molar-refractivity contribution in [3.8, 4) is 0 Å². The molecule has 5 heteroatoms. The van der Waals surface area contributed by atoms with E-state index in [1.807, 2.05) is 42.5 Å². The maximum absolute atomic E-state index is 13.8. The molecule has 0 aliphatic carbocycles. The fraction of sp³-hybridized carbons (Fsp3) is 0.278. The molecule has 0 N–H and O–H groups in total. The Kier molecular flexibility index (Phi) is 8.53. The molecule has 4 aromatic carbocycles. The lowest BCUT2D eigenvalue weighted by molar-refractivity contribution is -0.130. The second kappa shape index (κ2) is 12.4. The smallest absolute Gasteiger partial charge is 0.417 e. The lowest BCUT2D eigenvalue weighted by Gasteiger charge is -2.33. The minimum atomic E-state index is -0.567. The van der Waals surface area contributed by atoms with Gasteiger partial charge in [-0.05, 0) is 45.7 Å². The Hall–Kier alpha value is -4.38. The number of ether oxygens (including phenoxy) is 1. The molecule has 0 spiro atoms. The highest BCUT2D eigenvalue weighted by Crippen LogP contribution is 2.41. The molecule has 41 heavy (non-hydrogen) atoms. The lowest BCUT2D eigenvalue weighted by Crippen LogP contribution is -2.36. The molecule has 0 radical (unpaired) electrons. The molecule has 5 rings (SSSR count). The summed E-state index contributed by atoms with van der Waals surface area (Å²) in [4.78, 5) is 30.2. The van der Waals surface area contributed by atoms with Crippen LogP contribution < -0.4 is 4.90 Å². The predicted octanol–water partition coefficient (Wildman–Crippen LogP) is 8.13. The van der Waals surface area contributed by atoms with Crippen molar-refractivity contribution in [2.75, 3.05) is 11.5 Å². The van der Waals surface area contributed by atoms with Crippen molar-refractivity contribution >= 4 is 17.7 Å². The number of imide groups is 1. The van der Waals surface area contributed by atoms with E-state index in [2.05, 4.69) is 98.5 Å². The Morgan fingerprint density at radius 1 is 0.829 bits per heavy atom. The Morgan fingerprint density at radius 3 is 1.95 bits per heavy atom. The van der Waals surface area contributed by atoms with E-state index in [4.69, 9.17) is 4.74 Å². The maximum atomic E-state index is 13.8. The molecule has 2 atom stereocenters. The van der Waals surface area contributed by atoms with Gasteiger partial charge in [0.15, 0.2) is 0 Å². The van der Waals surface area contributed by atoms with Gasteiger partial charge in [-0.15, -0.1) is 0 Å². The van der Waals surface area contributed by atoms with Crippen molar-refractivity contribution in [2.45, 2.75) is 52.2 Å². The number of cyclic esters (lactones) is 1. The van der Waals surface area contributed by atoms with E-state index in [0.717, 1.165) is 29.9 Å². The van der Waals surface area contributed by atoms with E-state index in [1.165, 1.54) is 16.0 Å². The number of carbonyl (C=O) groups excluding carboxylic acids is 2. The summed E-state index contributed by atoms with van der Waals surface area (Å²) >= 11 is 0. The van der Waals surface area contributed by atoms with Gasteiger partial charge in [0.2, 0.25) is 5.91 Å². The number of hydrogen-bond donors (Lipinski definition) is 0. The van der Waals surface area contributed by atoms with Gasteiger partial charge in [-0.2, -0.15) is 0 Å². The van der Waals surface area contributed by atoms with E-state index in [0.29, 0.717) is 0 Å². The summed E-state index contributed by atoms with van der Waals surface area (Å²) in [5.74, 6) is -0.313.